The summed E-state index contributed by atoms with van der Waals surface area (Å²) >= 11 is 5.88. The zero-order valence-electron chi connectivity index (χ0n) is 18.2. The van der Waals surface area contributed by atoms with Gasteiger partial charge in [-0.25, -0.2) is 8.42 Å². The molecule has 3 aromatic rings. The molecule has 4 rings (SSSR count). The Morgan fingerprint density at radius 3 is 2.56 bits per heavy atom. The minimum atomic E-state index is -3.75. The number of amides is 2. The van der Waals surface area contributed by atoms with Gasteiger partial charge in [-0.1, -0.05) is 23.7 Å². The SMILES string of the molecule is O=C(NCc1ccco1)c1ccccc1NC(=O)[C@H]1CCCN(S(=O)(=O)c2ccc(Cl)cc2)C1. The van der Waals surface area contributed by atoms with Crippen LogP contribution in [0.1, 0.15) is 29.0 Å². The second kappa shape index (κ2) is 10.4. The van der Waals surface area contributed by atoms with Crippen LogP contribution in [0.25, 0.3) is 0 Å². The number of sulfonamides is 1. The largest absolute Gasteiger partial charge is 0.467 e. The molecule has 10 heteroatoms. The normalized spacial score (nSPS) is 16.7. The van der Waals surface area contributed by atoms with Crippen molar-refractivity contribution in [3.63, 3.8) is 0 Å². The number of piperidine rings is 1. The lowest BCUT2D eigenvalue weighted by atomic mass is 9.98. The number of para-hydroxylation sites is 1. The molecule has 1 atom stereocenters. The van der Waals surface area contributed by atoms with Gasteiger partial charge in [0, 0.05) is 18.1 Å². The minimum Gasteiger partial charge on any atom is -0.467 e. The number of benzene rings is 2. The Hall–Kier alpha value is -3.14. The first-order valence-corrected chi connectivity index (χ1v) is 12.6. The van der Waals surface area contributed by atoms with E-state index >= 15 is 0 Å². The first kappa shape index (κ1) is 24.0. The van der Waals surface area contributed by atoms with Gasteiger partial charge in [0.05, 0.1) is 34.9 Å². The lowest BCUT2D eigenvalue weighted by molar-refractivity contribution is -0.120. The van der Waals surface area contributed by atoms with Gasteiger partial charge in [0.25, 0.3) is 5.91 Å². The number of nitrogens with zero attached hydrogens (tertiary/aromatic N) is 1. The molecule has 34 heavy (non-hydrogen) atoms. The smallest absolute Gasteiger partial charge is 0.253 e. The fourth-order valence-electron chi connectivity index (χ4n) is 3.83. The number of carbonyl (C=O) groups is 2. The number of anilines is 1. The number of furan rings is 1. The van der Waals surface area contributed by atoms with Crippen LogP contribution < -0.4 is 10.6 Å². The Morgan fingerprint density at radius 2 is 1.82 bits per heavy atom. The van der Waals surface area contributed by atoms with E-state index in [1.807, 2.05) is 0 Å². The van der Waals surface area contributed by atoms with Gasteiger partial charge in [-0.2, -0.15) is 4.31 Å². The van der Waals surface area contributed by atoms with Crippen LogP contribution in [-0.2, 0) is 21.4 Å². The van der Waals surface area contributed by atoms with Crippen LogP contribution in [0.5, 0.6) is 0 Å². The number of carbonyl (C=O) groups excluding carboxylic acids is 2. The zero-order chi connectivity index (χ0) is 24.1. The monoisotopic (exact) mass is 501 g/mol. The molecule has 0 aliphatic carbocycles. The highest BCUT2D eigenvalue weighted by atomic mass is 35.5. The molecule has 178 valence electrons. The van der Waals surface area contributed by atoms with Gasteiger partial charge in [-0.3, -0.25) is 9.59 Å². The standard InChI is InChI=1S/C24H24ClN3O5S/c25-18-9-11-20(12-10-18)34(31,32)28-13-3-5-17(16-28)23(29)27-22-8-2-1-7-21(22)24(30)26-15-19-6-4-14-33-19/h1-2,4,6-12,14,17H,3,5,13,15-16H2,(H,26,30)(H,27,29)/t17-/m0/s1. The Labute approximate surface area is 203 Å². The molecule has 0 saturated carbocycles. The quantitative estimate of drug-likeness (QED) is 0.510. The summed E-state index contributed by atoms with van der Waals surface area (Å²) in [7, 11) is -3.75. The second-order valence-electron chi connectivity index (χ2n) is 7.95. The maximum absolute atomic E-state index is 13.0. The molecule has 2 heterocycles. The van der Waals surface area contributed by atoms with Crippen molar-refractivity contribution < 1.29 is 22.4 Å². The highest BCUT2D eigenvalue weighted by molar-refractivity contribution is 7.89. The lowest BCUT2D eigenvalue weighted by Crippen LogP contribution is -2.43. The first-order chi connectivity index (χ1) is 16.3. The van der Waals surface area contributed by atoms with Crippen molar-refractivity contribution in [2.45, 2.75) is 24.3 Å². The number of hydrogen-bond donors (Lipinski definition) is 2. The van der Waals surface area contributed by atoms with Crippen LogP contribution in [-0.4, -0.2) is 37.6 Å². The van der Waals surface area contributed by atoms with E-state index in [2.05, 4.69) is 10.6 Å². The molecule has 1 fully saturated rings. The van der Waals surface area contributed by atoms with Crippen molar-refractivity contribution in [3.05, 3.63) is 83.3 Å². The van der Waals surface area contributed by atoms with Gasteiger partial charge in [-0.05, 0) is 61.4 Å². The van der Waals surface area contributed by atoms with Gasteiger partial charge < -0.3 is 15.1 Å². The van der Waals surface area contributed by atoms with Gasteiger partial charge in [0.2, 0.25) is 15.9 Å². The van der Waals surface area contributed by atoms with Crippen LogP contribution in [0.3, 0.4) is 0 Å². The van der Waals surface area contributed by atoms with E-state index in [0.29, 0.717) is 41.4 Å². The molecular weight excluding hydrogens is 478 g/mol. The minimum absolute atomic E-state index is 0.0592. The van der Waals surface area contributed by atoms with E-state index < -0.39 is 15.9 Å². The Balaban J connectivity index is 1.43. The third-order valence-corrected chi connectivity index (χ3v) is 7.77. The van der Waals surface area contributed by atoms with Gasteiger partial charge >= 0.3 is 0 Å². The van der Waals surface area contributed by atoms with Crippen LogP contribution in [0.15, 0.2) is 76.2 Å². The number of halogens is 1. The van der Waals surface area contributed by atoms with Gasteiger partial charge in [0.1, 0.15) is 5.76 Å². The average Bonchev–Trinajstić information content (AvgIpc) is 3.37. The van der Waals surface area contributed by atoms with Crippen molar-refractivity contribution in [2.75, 3.05) is 18.4 Å². The summed E-state index contributed by atoms with van der Waals surface area (Å²) in [6.45, 7) is 0.610. The van der Waals surface area contributed by atoms with Crippen LogP contribution in [0, 0.1) is 5.92 Å². The molecule has 8 nitrogen and oxygen atoms in total. The molecule has 1 aliphatic heterocycles. The van der Waals surface area contributed by atoms with Crippen molar-refractivity contribution in [1.82, 2.24) is 9.62 Å². The van der Waals surface area contributed by atoms with E-state index in [0.717, 1.165) is 0 Å². The van der Waals surface area contributed by atoms with Gasteiger partial charge in [0.15, 0.2) is 0 Å². The summed E-state index contributed by atoms with van der Waals surface area (Å²) in [4.78, 5) is 25.9. The van der Waals surface area contributed by atoms with Crippen LogP contribution in [0.4, 0.5) is 5.69 Å². The topological polar surface area (TPSA) is 109 Å². The molecule has 1 aromatic heterocycles. The van der Waals surface area contributed by atoms with E-state index in [1.54, 1.807) is 36.4 Å². The summed E-state index contributed by atoms with van der Waals surface area (Å²) < 4.78 is 32.6. The lowest BCUT2D eigenvalue weighted by Gasteiger charge is -2.31. The Kier molecular flexibility index (Phi) is 7.35. The Morgan fingerprint density at radius 1 is 1.06 bits per heavy atom. The highest BCUT2D eigenvalue weighted by Gasteiger charge is 2.33. The predicted octanol–water partition coefficient (Wildman–Crippen LogP) is 3.90. The summed E-state index contributed by atoms with van der Waals surface area (Å²) in [5, 5.41) is 6.02. The molecule has 2 aromatic carbocycles. The van der Waals surface area contributed by atoms with E-state index in [-0.39, 0.29) is 29.8 Å². The van der Waals surface area contributed by atoms with Crippen molar-refractivity contribution in [2.24, 2.45) is 5.92 Å². The van der Waals surface area contributed by atoms with Crippen molar-refractivity contribution >= 4 is 39.1 Å². The maximum Gasteiger partial charge on any atom is 0.253 e. The summed E-state index contributed by atoms with van der Waals surface area (Å²) in [5.41, 5.74) is 0.672. The fourth-order valence-corrected chi connectivity index (χ4v) is 5.48. The molecular formula is C24H24ClN3O5S. The molecule has 0 radical (unpaired) electrons. The van der Waals surface area contributed by atoms with E-state index in [9.17, 15) is 18.0 Å². The van der Waals surface area contributed by atoms with E-state index in [4.69, 9.17) is 16.0 Å². The first-order valence-electron chi connectivity index (χ1n) is 10.8. The summed E-state index contributed by atoms with van der Waals surface area (Å²) in [6.07, 6.45) is 2.62. The fraction of sp³-hybridized carbons (Fsp3) is 0.250. The Bertz CT molecular complexity index is 1260. The van der Waals surface area contributed by atoms with Crippen LogP contribution >= 0.6 is 11.6 Å². The molecule has 1 saturated heterocycles. The predicted molar refractivity (Wildman–Crippen MR) is 128 cm³/mol. The van der Waals surface area contributed by atoms with Gasteiger partial charge in [-0.15, -0.1) is 0 Å². The average molecular weight is 502 g/mol. The molecule has 0 unspecified atom stereocenters. The number of nitrogens with one attached hydrogen (secondary N) is 2. The molecule has 2 amide bonds. The third-order valence-electron chi connectivity index (χ3n) is 5.64. The van der Waals surface area contributed by atoms with Crippen molar-refractivity contribution in [3.8, 4) is 0 Å². The summed E-state index contributed by atoms with van der Waals surface area (Å²) in [5.74, 6) is -0.626. The third kappa shape index (κ3) is 5.49. The second-order valence-corrected chi connectivity index (χ2v) is 10.3. The summed E-state index contributed by atoms with van der Waals surface area (Å²) in [6, 6.07) is 16.1. The molecule has 0 spiro atoms. The maximum atomic E-state index is 13.0. The van der Waals surface area contributed by atoms with Crippen molar-refractivity contribution in [1.29, 1.82) is 0 Å². The van der Waals surface area contributed by atoms with Crippen LogP contribution in [0.2, 0.25) is 5.02 Å². The number of rotatable bonds is 7. The highest BCUT2D eigenvalue weighted by Crippen LogP contribution is 2.26. The number of hydrogen-bond acceptors (Lipinski definition) is 5. The zero-order valence-corrected chi connectivity index (χ0v) is 19.8. The molecule has 0 bridgehead atoms. The van der Waals surface area contributed by atoms with E-state index in [1.165, 1.54) is 34.8 Å². The molecule has 2 N–H and O–H groups in total. The molecule has 1 aliphatic rings.